The summed E-state index contributed by atoms with van der Waals surface area (Å²) in [6.07, 6.45) is 1.47. The molecule has 0 atom stereocenters. The molecule has 3 rings (SSSR count). The van der Waals surface area contributed by atoms with Gasteiger partial charge in [0.1, 0.15) is 5.69 Å². The van der Waals surface area contributed by atoms with Crippen LogP contribution in [0, 0.1) is 11.8 Å². The number of benzene rings is 2. The van der Waals surface area contributed by atoms with Crippen LogP contribution >= 0.6 is 0 Å². The van der Waals surface area contributed by atoms with E-state index in [1.165, 1.54) is 6.20 Å². The van der Waals surface area contributed by atoms with Crippen molar-refractivity contribution in [3.8, 4) is 11.8 Å². The van der Waals surface area contributed by atoms with Gasteiger partial charge in [0.05, 0.1) is 23.8 Å². The van der Waals surface area contributed by atoms with Crippen LogP contribution in [0.25, 0.3) is 11.0 Å². The predicted octanol–water partition coefficient (Wildman–Crippen LogP) is 2.41. The normalized spacial score (nSPS) is 9.82. The molecule has 0 saturated carbocycles. The summed E-state index contributed by atoms with van der Waals surface area (Å²) in [7, 11) is 0. The molecule has 0 bridgehead atoms. The minimum absolute atomic E-state index is 0.266. The standard InChI is InChI=1S/C18H13N3O/c22-18(19-12-6-9-14-7-2-1-3-8-14)17-13-20-15-10-4-5-11-16(15)21-17/h1-5,7-8,10-11,13H,12H2,(H,19,22). The zero-order valence-electron chi connectivity index (χ0n) is 11.8. The Kier molecular flexibility index (Phi) is 4.08. The van der Waals surface area contributed by atoms with Crippen molar-refractivity contribution in [1.82, 2.24) is 15.3 Å². The number of amides is 1. The average Bonchev–Trinajstić information content (AvgIpc) is 2.59. The minimum atomic E-state index is -0.277. The van der Waals surface area contributed by atoms with Crippen LogP contribution in [0.3, 0.4) is 0 Å². The third-order valence-corrected chi connectivity index (χ3v) is 3.03. The smallest absolute Gasteiger partial charge is 0.272 e. The van der Waals surface area contributed by atoms with E-state index >= 15 is 0 Å². The van der Waals surface area contributed by atoms with Gasteiger partial charge in [-0.15, -0.1) is 0 Å². The number of hydrogen-bond acceptors (Lipinski definition) is 3. The van der Waals surface area contributed by atoms with E-state index in [2.05, 4.69) is 27.1 Å². The molecule has 106 valence electrons. The summed E-state index contributed by atoms with van der Waals surface area (Å²) in [5.41, 5.74) is 2.68. The van der Waals surface area contributed by atoms with E-state index < -0.39 is 0 Å². The number of nitrogens with one attached hydrogen (secondary N) is 1. The molecule has 3 aromatic rings. The quantitative estimate of drug-likeness (QED) is 0.736. The van der Waals surface area contributed by atoms with Crippen molar-refractivity contribution in [1.29, 1.82) is 0 Å². The lowest BCUT2D eigenvalue weighted by Crippen LogP contribution is -2.24. The van der Waals surface area contributed by atoms with Gasteiger partial charge in [-0.3, -0.25) is 9.78 Å². The molecule has 0 radical (unpaired) electrons. The van der Waals surface area contributed by atoms with Gasteiger partial charge >= 0.3 is 0 Å². The molecule has 4 heteroatoms. The number of para-hydroxylation sites is 2. The molecule has 0 spiro atoms. The van der Waals surface area contributed by atoms with Crippen molar-refractivity contribution in [3.05, 3.63) is 72.1 Å². The highest BCUT2D eigenvalue weighted by molar-refractivity contribution is 5.93. The van der Waals surface area contributed by atoms with E-state index in [9.17, 15) is 4.79 Å². The molecule has 0 aliphatic rings. The Morgan fingerprint density at radius 1 is 1.00 bits per heavy atom. The summed E-state index contributed by atoms with van der Waals surface area (Å²) >= 11 is 0. The summed E-state index contributed by atoms with van der Waals surface area (Å²) in [6.45, 7) is 0.266. The first kappa shape index (κ1) is 13.8. The van der Waals surface area contributed by atoms with Crippen LogP contribution < -0.4 is 5.32 Å². The van der Waals surface area contributed by atoms with Crippen molar-refractivity contribution in [2.75, 3.05) is 6.54 Å². The fraction of sp³-hybridized carbons (Fsp3) is 0.0556. The first-order chi connectivity index (χ1) is 10.8. The molecule has 1 amide bonds. The van der Waals surface area contributed by atoms with E-state index in [0.29, 0.717) is 11.2 Å². The molecular weight excluding hydrogens is 274 g/mol. The monoisotopic (exact) mass is 287 g/mol. The van der Waals surface area contributed by atoms with Gasteiger partial charge in [-0.1, -0.05) is 42.2 Å². The molecule has 1 heterocycles. The fourth-order valence-corrected chi connectivity index (χ4v) is 1.95. The van der Waals surface area contributed by atoms with Crippen molar-refractivity contribution in [3.63, 3.8) is 0 Å². The molecule has 0 unspecified atom stereocenters. The molecule has 2 aromatic carbocycles. The highest BCUT2D eigenvalue weighted by atomic mass is 16.1. The van der Waals surface area contributed by atoms with Crippen LogP contribution in [0.4, 0.5) is 0 Å². The number of rotatable bonds is 2. The summed E-state index contributed by atoms with van der Waals surface area (Å²) in [5, 5.41) is 2.72. The van der Waals surface area contributed by atoms with Crippen LogP contribution in [0.5, 0.6) is 0 Å². The van der Waals surface area contributed by atoms with Gasteiger partial charge in [0, 0.05) is 5.56 Å². The van der Waals surface area contributed by atoms with Crippen molar-refractivity contribution in [2.45, 2.75) is 0 Å². The zero-order valence-corrected chi connectivity index (χ0v) is 11.8. The molecule has 22 heavy (non-hydrogen) atoms. The number of hydrogen-bond donors (Lipinski definition) is 1. The summed E-state index contributed by atoms with van der Waals surface area (Å²) < 4.78 is 0. The maximum atomic E-state index is 12.0. The van der Waals surface area contributed by atoms with E-state index in [0.717, 1.165) is 11.1 Å². The Morgan fingerprint density at radius 3 is 2.55 bits per heavy atom. The summed E-state index contributed by atoms with van der Waals surface area (Å²) in [4.78, 5) is 20.5. The molecule has 0 fully saturated rings. The van der Waals surface area contributed by atoms with Gasteiger partial charge < -0.3 is 5.32 Å². The second-order valence-electron chi connectivity index (χ2n) is 4.59. The van der Waals surface area contributed by atoms with Gasteiger partial charge in [-0.05, 0) is 24.3 Å². The van der Waals surface area contributed by atoms with E-state index in [4.69, 9.17) is 0 Å². The number of nitrogens with zero attached hydrogens (tertiary/aromatic N) is 2. The predicted molar refractivity (Wildman–Crippen MR) is 85.2 cm³/mol. The number of carbonyl (C=O) groups is 1. The van der Waals surface area contributed by atoms with Crippen LogP contribution in [-0.2, 0) is 0 Å². The molecule has 1 aromatic heterocycles. The average molecular weight is 287 g/mol. The van der Waals surface area contributed by atoms with E-state index in [-0.39, 0.29) is 12.5 Å². The Labute approximate surface area is 128 Å². The number of aromatic nitrogens is 2. The Bertz CT molecular complexity index is 863. The summed E-state index contributed by atoms with van der Waals surface area (Å²) in [6, 6.07) is 17.1. The minimum Gasteiger partial charge on any atom is -0.340 e. The highest BCUT2D eigenvalue weighted by Crippen LogP contribution is 2.08. The van der Waals surface area contributed by atoms with Gasteiger partial charge in [0.15, 0.2) is 0 Å². The van der Waals surface area contributed by atoms with Crippen LogP contribution in [-0.4, -0.2) is 22.4 Å². The molecule has 4 nitrogen and oxygen atoms in total. The molecule has 0 saturated heterocycles. The summed E-state index contributed by atoms with van der Waals surface area (Å²) in [5.74, 6) is 5.61. The molecule has 0 aliphatic heterocycles. The Balaban J connectivity index is 1.65. The van der Waals surface area contributed by atoms with Crippen molar-refractivity contribution >= 4 is 16.9 Å². The van der Waals surface area contributed by atoms with Crippen molar-refractivity contribution < 1.29 is 4.79 Å². The van der Waals surface area contributed by atoms with E-state index in [1.54, 1.807) is 0 Å². The lowest BCUT2D eigenvalue weighted by atomic mass is 10.2. The highest BCUT2D eigenvalue weighted by Gasteiger charge is 2.07. The van der Waals surface area contributed by atoms with Gasteiger partial charge in [0.2, 0.25) is 0 Å². The van der Waals surface area contributed by atoms with E-state index in [1.807, 2.05) is 54.6 Å². The molecule has 0 aliphatic carbocycles. The Hall–Kier alpha value is -3.19. The first-order valence-electron chi connectivity index (χ1n) is 6.87. The second-order valence-corrected chi connectivity index (χ2v) is 4.59. The maximum Gasteiger partial charge on any atom is 0.272 e. The van der Waals surface area contributed by atoms with Crippen LogP contribution in [0.2, 0.25) is 0 Å². The second kappa shape index (κ2) is 6.51. The molecular formula is C18H13N3O. The third-order valence-electron chi connectivity index (χ3n) is 3.03. The largest absolute Gasteiger partial charge is 0.340 e. The van der Waals surface area contributed by atoms with Gasteiger partial charge in [-0.25, -0.2) is 4.98 Å². The lowest BCUT2D eigenvalue weighted by Gasteiger charge is -2.02. The first-order valence-corrected chi connectivity index (χ1v) is 6.87. The molecule has 1 N–H and O–H groups in total. The van der Waals surface area contributed by atoms with Gasteiger partial charge in [-0.2, -0.15) is 0 Å². The zero-order chi connectivity index (χ0) is 15.2. The number of carbonyl (C=O) groups excluding carboxylic acids is 1. The fourth-order valence-electron chi connectivity index (χ4n) is 1.95. The topological polar surface area (TPSA) is 54.9 Å². The lowest BCUT2D eigenvalue weighted by molar-refractivity contribution is 0.0953. The number of fused-ring (bicyclic) bond motifs is 1. The Morgan fingerprint density at radius 2 is 1.73 bits per heavy atom. The van der Waals surface area contributed by atoms with Crippen LogP contribution in [0.1, 0.15) is 16.1 Å². The SMILES string of the molecule is O=C(NCC#Cc1ccccc1)c1cnc2ccccc2n1. The maximum absolute atomic E-state index is 12.0. The third kappa shape index (κ3) is 3.28. The van der Waals surface area contributed by atoms with Gasteiger partial charge in [0.25, 0.3) is 5.91 Å². The van der Waals surface area contributed by atoms with Crippen LogP contribution in [0.15, 0.2) is 60.8 Å². The van der Waals surface area contributed by atoms with Crippen molar-refractivity contribution in [2.24, 2.45) is 0 Å².